The highest BCUT2D eigenvalue weighted by Gasteiger charge is 2.11. The fourth-order valence-electron chi connectivity index (χ4n) is 1.47. The summed E-state index contributed by atoms with van der Waals surface area (Å²) >= 11 is 0. The first-order valence-electron chi connectivity index (χ1n) is 5.62. The van der Waals surface area contributed by atoms with Gasteiger partial charge in [-0.15, -0.1) is 0 Å². The van der Waals surface area contributed by atoms with Crippen LogP contribution in [0.2, 0.25) is 0 Å². The van der Waals surface area contributed by atoms with E-state index in [1.54, 1.807) is 6.07 Å². The topological polar surface area (TPSA) is 82.0 Å². The Morgan fingerprint density at radius 1 is 1.28 bits per heavy atom. The van der Waals surface area contributed by atoms with Crippen LogP contribution in [0, 0.1) is 18.3 Å². The summed E-state index contributed by atoms with van der Waals surface area (Å²) in [6, 6.07) is 9.67. The normalized spacial score (nSPS) is 9.33. The van der Waals surface area contributed by atoms with Gasteiger partial charge in [0.2, 0.25) is 0 Å². The van der Waals surface area contributed by atoms with Crippen molar-refractivity contribution in [1.82, 2.24) is 10.6 Å². The second kappa shape index (κ2) is 7.07. The maximum absolute atomic E-state index is 11.3. The second-order valence-corrected chi connectivity index (χ2v) is 3.84. The molecule has 0 heterocycles. The predicted molar refractivity (Wildman–Crippen MR) is 66.5 cm³/mol. The molecular formula is C13H15N3O2. The van der Waals surface area contributed by atoms with E-state index in [1.807, 2.05) is 31.2 Å². The van der Waals surface area contributed by atoms with Crippen LogP contribution in [-0.2, 0) is 16.0 Å². The van der Waals surface area contributed by atoms with Gasteiger partial charge in [0.05, 0.1) is 6.07 Å². The molecule has 0 aromatic heterocycles. The van der Waals surface area contributed by atoms with Crippen molar-refractivity contribution < 1.29 is 9.59 Å². The molecule has 0 saturated heterocycles. The van der Waals surface area contributed by atoms with Gasteiger partial charge in [0, 0.05) is 6.54 Å². The molecule has 0 aliphatic rings. The van der Waals surface area contributed by atoms with E-state index in [9.17, 15) is 9.59 Å². The molecule has 1 aromatic rings. The molecule has 2 amide bonds. The number of rotatable bonds is 4. The van der Waals surface area contributed by atoms with Crippen LogP contribution in [0.1, 0.15) is 11.1 Å². The highest BCUT2D eigenvalue weighted by atomic mass is 16.2. The van der Waals surface area contributed by atoms with Gasteiger partial charge in [-0.25, -0.2) is 0 Å². The minimum atomic E-state index is -0.777. The zero-order chi connectivity index (χ0) is 13.4. The van der Waals surface area contributed by atoms with Gasteiger partial charge in [-0.1, -0.05) is 29.8 Å². The number of nitriles is 1. The molecule has 0 radical (unpaired) electrons. The monoisotopic (exact) mass is 245 g/mol. The number of benzene rings is 1. The molecule has 0 aliphatic heterocycles. The minimum absolute atomic E-state index is 0.163. The van der Waals surface area contributed by atoms with Crippen molar-refractivity contribution in [2.45, 2.75) is 13.3 Å². The van der Waals surface area contributed by atoms with Crippen molar-refractivity contribution in [1.29, 1.82) is 5.26 Å². The second-order valence-electron chi connectivity index (χ2n) is 3.84. The van der Waals surface area contributed by atoms with Crippen LogP contribution in [0.3, 0.4) is 0 Å². The third kappa shape index (κ3) is 4.66. The lowest BCUT2D eigenvalue weighted by atomic mass is 10.1. The molecule has 0 spiro atoms. The van der Waals surface area contributed by atoms with Gasteiger partial charge in [-0.05, 0) is 18.9 Å². The molecule has 1 aromatic carbocycles. The lowest BCUT2D eigenvalue weighted by Gasteiger charge is -2.05. The predicted octanol–water partition coefficient (Wildman–Crippen LogP) is 0.293. The van der Waals surface area contributed by atoms with E-state index >= 15 is 0 Å². The Balaban J connectivity index is 2.32. The van der Waals surface area contributed by atoms with E-state index in [2.05, 4.69) is 10.6 Å². The van der Waals surface area contributed by atoms with Crippen molar-refractivity contribution in [3.8, 4) is 6.07 Å². The van der Waals surface area contributed by atoms with Crippen molar-refractivity contribution in [2.24, 2.45) is 0 Å². The molecule has 0 unspecified atom stereocenters. The summed E-state index contributed by atoms with van der Waals surface area (Å²) in [5.41, 5.74) is 2.26. The van der Waals surface area contributed by atoms with Crippen LogP contribution in [0.5, 0.6) is 0 Å². The number of amides is 2. The first kappa shape index (κ1) is 13.7. The van der Waals surface area contributed by atoms with Crippen molar-refractivity contribution in [3.63, 3.8) is 0 Å². The lowest BCUT2D eigenvalue weighted by molar-refractivity contribution is -0.139. The molecular weight excluding hydrogens is 230 g/mol. The first-order valence-corrected chi connectivity index (χ1v) is 5.62. The third-order valence-electron chi connectivity index (χ3n) is 2.32. The molecule has 0 bridgehead atoms. The molecule has 5 nitrogen and oxygen atoms in total. The van der Waals surface area contributed by atoms with E-state index < -0.39 is 11.8 Å². The average molecular weight is 245 g/mol. The maximum Gasteiger partial charge on any atom is 0.310 e. The summed E-state index contributed by atoms with van der Waals surface area (Å²) in [7, 11) is 0. The molecule has 0 fully saturated rings. The highest BCUT2D eigenvalue weighted by molar-refractivity contribution is 6.35. The quantitative estimate of drug-likeness (QED) is 0.591. The van der Waals surface area contributed by atoms with Crippen molar-refractivity contribution in [3.05, 3.63) is 35.4 Å². The maximum atomic E-state index is 11.3. The van der Waals surface area contributed by atoms with Gasteiger partial charge in [0.15, 0.2) is 0 Å². The zero-order valence-electron chi connectivity index (χ0n) is 10.2. The van der Waals surface area contributed by atoms with Gasteiger partial charge in [-0.3, -0.25) is 9.59 Å². The van der Waals surface area contributed by atoms with Gasteiger partial charge in [0.25, 0.3) is 0 Å². The fraction of sp³-hybridized carbons (Fsp3) is 0.308. The van der Waals surface area contributed by atoms with E-state index in [0.29, 0.717) is 13.0 Å². The van der Waals surface area contributed by atoms with Crippen molar-refractivity contribution in [2.75, 3.05) is 13.1 Å². The molecule has 2 N–H and O–H groups in total. The lowest BCUT2D eigenvalue weighted by Crippen LogP contribution is -2.40. The van der Waals surface area contributed by atoms with Crippen LogP contribution < -0.4 is 10.6 Å². The summed E-state index contributed by atoms with van der Waals surface area (Å²) in [6.07, 6.45) is 0.666. The summed E-state index contributed by atoms with van der Waals surface area (Å²) < 4.78 is 0. The Morgan fingerprint density at radius 2 is 2.00 bits per heavy atom. The first-order chi connectivity index (χ1) is 8.63. The molecule has 0 saturated carbocycles. The molecule has 0 atom stereocenters. The van der Waals surface area contributed by atoms with Crippen LogP contribution in [0.4, 0.5) is 0 Å². The number of aryl methyl sites for hydroxylation is 1. The number of nitrogens with zero attached hydrogens (tertiary/aromatic N) is 1. The van der Waals surface area contributed by atoms with Crippen LogP contribution >= 0.6 is 0 Å². The Bertz CT molecular complexity index is 477. The molecule has 1 rings (SSSR count). The van der Waals surface area contributed by atoms with E-state index in [-0.39, 0.29) is 6.54 Å². The summed E-state index contributed by atoms with van der Waals surface area (Å²) in [4.78, 5) is 22.4. The van der Waals surface area contributed by atoms with Gasteiger partial charge < -0.3 is 10.6 Å². The highest BCUT2D eigenvalue weighted by Crippen LogP contribution is 2.03. The third-order valence-corrected chi connectivity index (χ3v) is 2.32. The van der Waals surface area contributed by atoms with E-state index in [1.165, 1.54) is 0 Å². The van der Waals surface area contributed by atoms with Crippen LogP contribution in [0.15, 0.2) is 24.3 Å². The van der Waals surface area contributed by atoms with Gasteiger partial charge in [0.1, 0.15) is 6.54 Å². The van der Waals surface area contributed by atoms with Crippen LogP contribution in [0.25, 0.3) is 0 Å². The summed E-state index contributed by atoms with van der Waals surface area (Å²) in [5, 5.41) is 12.9. The summed E-state index contributed by atoms with van der Waals surface area (Å²) in [6.45, 7) is 2.23. The Morgan fingerprint density at radius 3 is 2.67 bits per heavy atom. The molecule has 94 valence electrons. The number of nitrogens with one attached hydrogen (secondary N) is 2. The largest absolute Gasteiger partial charge is 0.348 e. The zero-order valence-corrected chi connectivity index (χ0v) is 10.2. The van der Waals surface area contributed by atoms with E-state index in [0.717, 1.165) is 11.1 Å². The number of carbonyl (C=O) groups is 2. The van der Waals surface area contributed by atoms with Gasteiger partial charge in [-0.2, -0.15) is 5.26 Å². The fourth-order valence-corrected chi connectivity index (χ4v) is 1.47. The summed E-state index contributed by atoms with van der Waals surface area (Å²) in [5.74, 6) is -1.49. The SMILES string of the molecule is Cc1cccc(CCNC(=O)C(=O)NCC#N)c1. The number of hydrogen-bond acceptors (Lipinski definition) is 3. The average Bonchev–Trinajstić information content (AvgIpc) is 2.35. The van der Waals surface area contributed by atoms with Crippen molar-refractivity contribution >= 4 is 11.8 Å². The molecule has 18 heavy (non-hydrogen) atoms. The molecule has 5 heteroatoms. The standard InChI is InChI=1S/C13H15N3O2/c1-10-3-2-4-11(9-10)5-7-15-12(17)13(18)16-8-6-14/h2-4,9H,5,7-8H2,1H3,(H,15,17)(H,16,18). The van der Waals surface area contributed by atoms with Crippen LogP contribution in [-0.4, -0.2) is 24.9 Å². The Kier molecular flexibility index (Phi) is 5.39. The Labute approximate surface area is 106 Å². The minimum Gasteiger partial charge on any atom is -0.348 e. The smallest absolute Gasteiger partial charge is 0.310 e. The van der Waals surface area contributed by atoms with E-state index in [4.69, 9.17) is 5.26 Å². The number of carbonyl (C=O) groups excluding carboxylic acids is 2. The Hall–Kier alpha value is -2.35. The van der Waals surface area contributed by atoms with Gasteiger partial charge >= 0.3 is 11.8 Å². The molecule has 0 aliphatic carbocycles. The number of hydrogen-bond donors (Lipinski definition) is 2.